The van der Waals surface area contributed by atoms with Crippen molar-refractivity contribution in [2.24, 2.45) is 0 Å². The summed E-state index contributed by atoms with van der Waals surface area (Å²) in [6.45, 7) is 10.7. The van der Waals surface area contributed by atoms with Crippen molar-refractivity contribution >= 4 is 18.4 Å². The molecule has 2 heteroatoms. The second-order valence-corrected chi connectivity index (χ2v) is 6.23. The molecule has 0 heterocycles. The Kier molecular flexibility index (Phi) is 5.75. The molecule has 0 amide bonds. The lowest BCUT2D eigenvalue weighted by Crippen LogP contribution is -2.12. The van der Waals surface area contributed by atoms with Crippen molar-refractivity contribution in [3.63, 3.8) is 0 Å². The van der Waals surface area contributed by atoms with Gasteiger partial charge in [-0.3, -0.25) is 4.79 Å². The van der Waals surface area contributed by atoms with Gasteiger partial charge in [-0.05, 0) is 36.2 Å². The third-order valence-electron chi connectivity index (χ3n) is 4.07. The standard InChI is InChI=1S/C22H24O2/c1-5-22(3,4)20-9-7-8-17(15-20)10-12-19-14-18(16-23)11-13-21(19)24-6-2/h5,7-16H,1,6H2,2-4H3. The maximum absolute atomic E-state index is 11.0. The number of hydrogen-bond acceptors (Lipinski definition) is 2. The first-order valence-corrected chi connectivity index (χ1v) is 8.14. The molecule has 0 bridgehead atoms. The van der Waals surface area contributed by atoms with Crippen molar-refractivity contribution in [3.8, 4) is 5.75 Å². The van der Waals surface area contributed by atoms with Crippen molar-refractivity contribution in [2.45, 2.75) is 26.2 Å². The van der Waals surface area contributed by atoms with E-state index in [9.17, 15) is 4.79 Å². The summed E-state index contributed by atoms with van der Waals surface area (Å²) in [5.41, 5.74) is 3.78. The molecule has 0 aliphatic rings. The molecule has 24 heavy (non-hydrogen) atoms. The van der Waals surface area contributed by atoms with E-state index in [4.69, 9.17) is 4.74 Å². The van der Waals surface area contributed by atoms with E-state index in [1.54, 1.807) is 6.07 Å². The van der Waals surface area contributed by atoms with Crippen molar-refractivity contribution in [1.29, 1.82) is 0 Å². The molecule has 0 aromatic heterocycles. The van der Waals surface area contributed by atoms with Gasteiger partial charge in [0.05, 0.1) is 6.61 Å². The van der Waals surface area contributed by atoms with Gasteiger partial charge in [-0.2, -0.15) is 0 Å². The van der Waals surface area contributed by atoms with Crippen LogP contribution in [0.3, 0.4) is 0 Å². The van der Waals surface area contributed by atoms with Gasteiger partial charge in [-0.25, -0.2) is 0 Å². The molecular formula is C22H24O2. The fraction of sp³-hybridized carbons (Fsp3) is 0.227. The van der Waals surface area contributed by atoms with Crippen molar-refractivity contribution in [3.05, 3.63) is 77.4 Å². The zero-order valence-electron chi connectivity index (χ0n) is 14.6. The van der Waals surface area contributed by atoms with E-state index in [0.717, 1.165) is 23.2 Å². The number of carbonyl (C=O) groups is 1. The van der Waals surface area contributed by atoms with Crippen LogP contribution in [0.1, 0.15) is 47.8 Å². The summed E-state index contributed by atoms with van der Waals surface area (Å²) in [5.74, 6) is 0.780. The zero-order valence-corrected chi connectivity index (χ0v) is 14.6. The smallest absolute Gasteiger partial charge is 0.150 e. The molecule has 0 saturated heterocycles. The Hall–Kier alpha value is -2.61. The molecule has 0 spiro atoms. The summed E-state index contributed by atoms with van der Waals surface area (Å²) >= 11 is 0. The number of carbonyl (C=O) groups excluding carboxylic acids is 1. The van der Waals surface area contributed by atoms with Crippen LogP contribution < -0.4 is 4.74 Å². The van der Waals surface area contributed by atoms with Gasteiger partial charge in [0.15, 0.2) is 0 Å². The van der Waals surface area contributed by atoms with Crippen LogP contribution in [-0.4, -0.2) is 12.9 Å². The van der Waals surface area contributed by atoms with Crippen LogP contribution in [-0.2, 0) is 5.41 Å². The largest absolute Gasteiger partial charge is 0.493 e. The van der Waals surface area contributed by atoms with Crippen LogP contribution >= 0.6 is 0 Å². The first kappa shape index (κ1) is 17.7. The number of hydrogen-bond donors (Lipinski definition) is 0. The third kappa shape index (κ3) is 4.23. The van der Waals surface area contributed by atoms with Crippen LogP contribution in [0.25, 0.3) is 12.2 Å². The Morgan fingerprint density at radius 3 is 2.54 bits per heavy atom. The molecule has 0 aliphatic heterocycles. The minimum Gasteiger partial charge on any atom is -0.493 e. The lowest BCUT2D eigenvalue weighted by molar-refractivity contribution is 0.112. The highest BCUT2D eigenvalue weighted by Crippen LogP contribution is 2.26. The molecule has 0 saturated carbocycles. The predicted octanol–water partition coefficient (Wildman–Crippen LogP) is 5.53. The topological polar surface area (TPSA) is 26.3 Å². The molecule has 0 unspecified atom stereocenters. The van der Waals surface area contributed by atoms with Gasteiger partial charge in [-0.15, -0.1) is 6.58 Å². The Bertz CT molecular complexity index is 754. The van der Waals surface area contributed by atoms with Crippen LogP contribution in [0.15, 0.2) is 55.1 Å². The average molecular weight is 320 g/mol. The fourth-order valence-electron chi connectivity index (χ4n) is 2.40. The molecule has 0 fully saturated rings. The SMILES string of the molecule is C=CC(C)(C)c1cccc(C=Cc2cc(C=O)ccc2OCC)c1. The van der Waals surface area contributed by atoms with E-state index in [1.165, 1.54) is 5.56 Å². The molecule has 0 radical (unpaired) electrons. The Morgan fingerprint density at radius 2 is 1.88 bits per heavy atom. The highest BCUT2D eigenvalue weighted by atomic mass is 16.5. The van der Waals surface area contributed by atoms with Crippen LogP contribution in [0.2, 0.25) is 0 Å². The molecule has 124 valence electrons. The fourth-order valence-corrected chi connectivity index (χ4v) is 2.40. The van der Waals surface area contributed by atoms with E-state index >= 15 is 0 Å². The first-order chi connectivity index (χ1) is 11.5. The summed E-state index contributed by atoms with van der Waals surface area (Å²) in [6, 6.07) is 13.8. The maximum Gasteiger partial charge on any atom is 0.150 e. The Labute approximate surface area is 144 Å². The Morgan fingerprint density at radius 1 is 1.08 bits per heavy atom. The molecule has 0 atom stereocenters. The minimum absolute atomic E-state index is 0.0717. The predicted molar refractivity (Wildman–Crippen MR) is 102 cm³/mol. The third-order valence-corrected chi connectivity index (χ3v) is 4.07. The van der Waals surface area contributed by atoms with Gasteiger partial charge in [0.1, 0.15) is 12.0 Å². The molecule has 2 nitrogen and oxygen atoms in total. The van der Waals surface area contributed by atoms with E-state index in [1.807, 2.05) is 43.4 Å². The highest BCUT2D eigenvalue weighted by Gasteiger charge is 2.15. The monoisotopic (exact) mass is 320 g/mol. The van der Waals surface area contributed by atoms with Gasteiger partial charge in [0.2, 0.25) is 0 Å². The summed E-state index contributed by atoms with van der Waals surface area (Å²) in [6.07, 6.45) is 6.82. The zero-order chi connectivity index (χ0) is 17.6. The molecule has 2 rings (SSSR count). The molecular weight excluding hydrogens is 296 g/mol. The van der Waals surface area contributed by atoms with Crippen molar-refractivity contribution in [2.75, 3.05) is 6.61 Å². The van der Waals surface area contributed by atoms with E-state index < -0.39 is 0 Å². The second-order valence-electron chi connectivity index (χ2n) is 6.23. The van der Waals surface area contributed by atoms with Gasteiger partial charge < -0.3 is 4.74 Å². The Balaban J connectivity index is 2.35. The van der Waals surface area contributed by atoms with E-state index in [-0.39, 0.29) is 5.41 Å². The van der Waals surface area contributed by atoms with Crippen LogP contribution in [0.5, 0.6) is 5.75 Å². The van der Waals surface area contributed by atoms with Gasteiger partial charge in [-0.1, -0.05) is 56.3 Å². The van der Waals surface area contributed by atoms with E-state index in [2.05, 4.69) is 38.6 Å². The normalized spacial score (nSPS) is 11.5. The summed E-state index contributed by atoms with van der Waals surface area (Å²) in [5, 5.41) is 0. The minimum atomic E-state index is -0.0717. The molecule has 0 aliphatic carbocycles. The molecule has 2 aromatic carbocycles. The lowest BCUT2D eigenvalue weighted by atomic mass is 9.84. The maximum atomic E-state index is 11.0. The quantitative estimate of drug-likeness (QED) is 0.381. The number of aldehydes is 1. The van der Waals surface area contributed by atoms with Gasteiger partial charge in [0.25, 0.3) is 0 Å². The van der Waals surface area contributed by atoms with Crippen LogP contribution in [0.4, 0.5) is 0 Å². The summed E-state index contributed by atoms with van der Waals surface area (Å²) < 4.78 is 5.64. The number of rotatable bonds is 7. The molecule has 2 aromatic rings. The van der Waals surface area contributed by atoms with Crippen molar-refractivity contribution in [1.82, 2.24) is 0 Å². The van der Waals surface area contributed by atoms with Crippen molar-refractivity contribution < 1.29 is 9.53 Å². The molecule has 0 N–H and O–H groups in total. The number of benzene rings is 2. The first-order valence-electron chi connectivity index (χ1n) is 8.14. The number of ether oxygens (including phenoxy) is 1. The lowest BCUT2D eigenvalue weighted by Gasteiger charge is -2.20. The highest BCUT2D eigenvalue weighted by molar-refractivity contribution is 5.80. The number of allylic oxidation sites excluding steroid dienone is 1. The van der Waals surface area contributed by atoms with E-state index in [0.29, 0.717) is 12.2 Å². The summed E-state index contributed by atoms with van der Waals surface area (Å²) in [7, 11) is 0. The average Bonchev–Trinajstić information content (AvgIpc) is 2.61. The summed E-state index contributed by atoms with van der Waals surface area (Å²) in [4.78, 5) is 11.0. The van der Waals surface area contributed by atoms with Gasteiger partial charge in [0, 0.05) is 16.5 Å². The second kappa shape index (κ2) is 7.78. The van der Waals surface area contributed by atoms with Gasteiger partial charge >= 0.3 is 0 Å². The van der Waals surface area contributed by atoms with Crippen LogP contribution in [0, 0.1) is 0 Å².